The second-order valence-electron chi connectivity index (χ2n) is 5.17. The number of hydrogen-bond acceptors (Lipinski definition) is 2. The molecule has 1 aliphatic heterocycles. The Morgan fingerprint density at radius 1 is 1.19 bits per heavy atom. The maximum Gasteiger partial charge on any atom is 0.102 e. The molecule has 1 N–H and O–H groups in total. The van der Waals surface area contributed by atoms with E-state index in [2.05, 4.69) is 23.5 Å². The summed E-state index contributed by atoms with van der Waals surface area (Å²) in [4.78, 5) is 0. The molecule has 0 bridgehead atoms. The fourth-order valence-electron chi connectivity index (χ4n) is 2.92. The van der Waals surface area contributed by atoms with E-state index in [0.29, 0.717) is 10.0 Å². The molecule has 0 spiro atoms. The molecular formula is C17H17Cl2NO. The van der Waals surface area contributed by atoms with Crippen LogP contribution >= 0.6 is 23.2 Å². The third-order valence-electron chi connectivity index (χ3n) is 3.94. The Labute approximate surface area is 135 Å². The number of rotatable bonds is 3. The predicted octanol–water partition coefficient (Wildman–Crippen LogP) is 4.57. The summed E-state index contributed by atoms with van der Waals surface area (Å²) in [6.45, 7) is 0.720. The Hall–Kier alpha value is -1.06. The first-order valence-electron chi connectivity index (χ1n) is 7.02. The number of nitrogens with one attached hydrogen (secondary N) is 1. The van der Waals surface area contributed by atoms with E-state index in [1.54, 1.807) is 6.07 Å². The van der Waals surface area contributed by atoms with E-state index in [1.165, 1.54) is 11.1 Å². The van der Waals surface area contributed by atoms with Gasteiger partial charge in [0, 0.05) is 10.0 Å². The van der Waals surface area contributed by atoms with Gasteiger partial charge in [-0.2, -0.15) is 0 Å². The highest BCUT2D eigenvalue weighted by Crippen LogP contribution is 2.39. The maximum absolute atomic E-state index is 6.36. The van der Waals surface area contributed by atoms with Gasteiger partial charge >= 0.3 is 0 Å². The van der Waals surface area contributed by atoms with Crippen molar-refractivity contribution in [2.45, 2.75) is 18.6 Å². The number of hydrogen-bond donors (Lipinski definition) is 1. The van der Waals surface area contributed by atoms with Crippen LogP contribution in [0.2, 0.25) is 10.0 Å². The lowest BCUT2D eigenvalue weighted by atomic mass is 9.90. The zero-order valence-corrected chi connectivity index (χ0v) is 13.3. The van der Waals surface area contributed by atoms with Crippen molar-refractivity contribution >= 4 is 23.2 Å². The third kappa shape index (κ3) is 2.95. The number of ether oxygens (including phenoxy) is 1. The molecule has 4 heteroatoms. The first kappa shape index (κ1) is 14.9. The Bertz CT molecular complexity index is 644. The Morgan fingerprint density at radius 2 is 2.00 bits per heavy atom. The van der Waals surface area contributed by atoms with Crippen LogP contribution in [-0.2, 0) is 11.2 Å². The molecule has 3 rings (SSSR count). The molecule has 2 aromatic rings. The van der Waals surface area contributed by atoms with E-state index in [9.17, 15) is 0 Å². The van der Waals surface area contributed by atoms with Gasteiger partial charge < -0.3 is 10.1 Å². The van der Waals surface area contributed by atoms with Gasteiger partial charge in [0.25, 0.3) is 0 Å². The van der Waals surface area contributed by atoms with Crippen LogP contribution in [0.5, 0.6) is 0 Å². The van der Waals surface area contributed by atoms with E-state index in [1.807, 2.05) is 25.2 Å². The fraction of sp³-hybridized carbons (Fsp3) is 0.294. The van der Waals surface area contributed by atoms with Crippen molar-refractivity contribution in [3.05, 3.63) is 69.2 Å². The SMILES string of the molecule is CNC(c1cc(Cl)ccc1Cl)C1OCCc2ccccc21. The molecule has 2 unspecified atom stereocenters. The highest BCUT2D eigenvalue weighted by molar-refractivity contribution is 6.33. The smallest absolute Gasteiger partial charge is 0.102 e. The molecular weight excluding hydrogens is 305 g/mol. The minimum absolute atomic E-state index is 0.0300. The normalized spacial score (nSPS) is 19.1. The van der Waals surface area contributed by atoms with Crippen LogP contribution in [0.1, 0.15) is 28.8 Å². The molecule has 2 atom stereocenters. The van der Waals surface area contributed by atoms with Crippen LogP contribution in [0.3, 0.4) is 0 Å². The summed E-state index contributed by atoms with van der Waals surface area (Å²) in [6.07, 6.45) is 0.891. The summed E-state index contributed by atoms with van der Waals surface area (Å²) in [5.74, 6) is 0. The average molecular weight is 322 g/mol. The van der Waals surface area contributed by atoms with E-state index in [4.69, 9.17) is 27.9 Å². The summed E-state index contributed by atoms with van der Waals surface area (Å²) >= 11 is 12.5. The van der Waals surface area contributed by atoms with Crippen molar-refractivity contribution in [1.29, 1.82) is 0 Å². The van der Waals surface area contributed by atoms with Gasteiger partial charge in [-0.1, -0.05) is 47.5 Å². The monoisotopic (exact) mass is 321 g/mol. The summed E-state index contributed by atoms with van der Waals surface area (Å²) in [5.41, 5.74) is 3.53. The van der Waals surface area contributed by atoms with Gasteiger partial charge in [0.15, 0.2) is 0 Å². The van der Waals surface area contributed by atoms with E-state index in [-0.39, 0.29) is 12.1 Å². The van der Waals surface area contributed by atoms with Gasteiger partial charge in [-0.3, -0.25) is 0 Å². The summed E-state index contributed by atoms with van der Waals surface area (Å²) < 4.78 is 6.04. The molecule has 0 aromatic heterocycles. The zero-order valence-electron chi connectivity index (χ0n) is 11.8. The van der Waals surface area contributed by atoms with Crippen molar-refractivity contribution in [2.75, 3.05) is 13.7 Å². The lowest BCUT2D eigenvalue weighted by Crippen LogP contribution is -2.29. The summed E-state index contributed by atoms with van der Waals surface area (Å²) in [7, 11) is 1.92. The van der Waals surface area contributed by atoms with E-state index in [0.717, 1.165) is 18.6 Å². The molecule has 2 nitrogen and oxygen atoms in total. The van der Waals surface area contributed by atoms with Crippen LogP contribution in [0, 0.1) is 0 Å². The second-order valence-corrected chi connectivity index (χ2v) is 6.02. The predicted molar refractivity (Wildman–Crippen MR) is 87.1 cm³/mol. The quantitative estimate of drug-likeness (QED) is 0.894. The minimum Gasteiger partial charge on any atom is -0.371 e. The largest absolute Gasteiger partial charge is 0.371 e. The lowest BCUT2D eigenvalue weighted by molar-refractivity contribution is 0.0166. The van der Waals surface area contributed by atoms with Crippen molar-refractivity contribution in [2.24, 2.45) is 0 Å². The topological polar surface area (TPSA) is 21.3 Å². The van der Waals surface area contributed by atoms with Crippen molar-refractivity contribution < 1.29 is 4.74 Å². The van der Waals surface area contributed by atoms with E-state index < -0.39 is 0 Å². The molecule has 0 aliphatic carbocycles. The highest BCUT2D eigenvalue weighted by Gasteiger charge is 2.30. The number of benzene rings is 2. The van der Waals surface area contributed by atoms with Gasteiger partial charge in [-0.15, -0.1) is 0 Å². The Balaban J connectivity index is 2.03. The molecule has 21 heavy (non-hydrogen) atoms. The molecule has 110 valence electrons. The third-order valence-corrected chi connectivity index (χ3v) is 4.52. The lowest BCUT2D eigenvalue weighted by Gasteiger charge is -2.33. The van der Waals surface area contributed by atoms with Crippen LogP contribution < -0.4 is 5.32 Å². The second kappa shape index (κ2) is 6.37. The standard InChI is InChI=1S/C17H17Cl2NO/c1-20-16(14-10-12(18)6-7-15(14)19)17-13-5-3-2-4-11(13)8-9-21-17/h2-7,10,16-17,20H,8-9H2,1H3. The minimum atomic E-state index is -0.0593. The van der Waals surface area contributed by atoms with E-state index >= 15 is 0 Å². The first-order valence-corrected chi connectivity index (χ1v) is 7.78. The summed E-state index contributed by atoms with van der Waals surface area (Å²) in [5, 5.41) is 4.71. The maximum atomic E-state index is 6.36. The zero-order chi connectivity index (χ0) is 14.8. The molecule has 0 amide bonds. The van der Waals surface area contributed by atoms with Gasteiger partial charge in [-0.05, 0) is 48.4 Å². The van der Waals surface area contributed by atoms with Gasteiger partial charge in [0.05, 0.1) is 12.6 Å². The molecule has 0 saturated carbocycles. The molecule has 1 heterocycles. The number of likely N-dealkylation sites (N-methyl/N-ethyl adjacent to an activating group) is 1. The van der Waals surface area contributed by atoms with Crippen molar-refractivity contribution in [3.8, 4) is 0 Å². The Morgan fingerprint density at radius 3 is 2.81 bits per heavy atom. The van der Waals surface area contributed by atoms with Crippen LogP contribution in [0.25, 0.3) is 0 Å². The molecule has 2 aromatic carbocycles. The Kier molecular flexibility index (Phi) is 4.51. The first-order chi connectivity index (χ1) is 10.2. The van der Waals surface area contributed by atoms with Crippen molar-refractivity contribution in [1.82, 2.24) is 5.32 Å². The molecule has 0 fully saturated rings. The van der Waals surface area contributed by atoms with Gasteiger partial charge in [0.2, 0.25) is 0 Å². The van der Waals surface area contributed by atoms with Crippen molar-refractivity contribution in [3.63, 3.8) is 0 Å². The van der Waals surface area contributed by atoms with Crippen LogP contribution in [-0.4, -0.2) is 13.7 Å². The molecule has 1 aliphatic rings. The number of fused-ring (bicyclic) bond motifs is 1. The van der Waals surface area contributed by atoms with Gasteiger partial charge in [-0.25, -0.2) is 0 Å². The number of halogens is 2. The van der Waals surface area contributed by atoms with Crippen LogP contribution in [0.15, 0.2) is 42.5 Å². The summed E-state index contributed by atoms with van der Waals surface area (Å²) in [6, 6.07) is 13.9. The van der Waals surface area contributed by atoms with Gasteiger partial charge in [0.1, 0.15) is 6.10 Å². The fourth-order valence-corrected chi connectivity index (χ4v) is 3.34. The average Bonchev–Trinajstić information content (AvgIpc) is 2.51. The molecule has 0 saturated heterocycles. The molecule has 0 radical (unpaired) electrons. The highest BCUT2D eigenvalue weighted by atomic mass is 35.5. The van der Waals surface area contributed by atoms with Crippen LogP contribution in [0.4, 0.5) is 0 Å².